The number of aromatic nitrogens is 1. The van der Waals surface area contributed by atoms with Crippen molar-refractivity contribution < 1.29 is 4.79 Å². The molecule has 0 saturated heterocycles. The second kappa shape index (κ2) is 4.60. The van der Waals surface area contributed by atoms with Crippen molar-refractivity contribution in [3.8, 4) is 0 Å². The molecule has 0 bridgehead atoms. The maximum atomic E-state index is 11.4. The highest BCUT2D eigenvalue weighted by Gasteiger charge is 2.03. The van der Waals surface area contributed by atoms with Crippen molar-refractivity contribution in [2.75, 3.05) is 0 Å². The van der Waals surface area contributed by atoms with Crippen LogP contribution in [0.1, 0.15) is 36.5 Å². The molecular weight excluding hydrogens is 166 g/mol. The van der Waals surface area contributed by atoms with Gasteiger partial charge in [-0.1, -0.05) is 13.3 Å². The van der Waals surface area contributed by atoms with E-state index in [1.165, 1.54) is 12.3 Å². The lowest BCUT2D eigenvalue weighted by molar-refractivity contribution is 0.0979. The summed E-state index contributed by atoms with van der Waals surface area (Å²) in [6.07, 6.45) is 3.94. The lowest BCUT2D eigenvalue weighted by Gasteiger charge is -1.97. The van der Waals surface area contributed by atoms with Crippen LogP contribution < -0.4 is 5.56 Å². The maximum Gasteiger partial charge on any atom is 0.247 e. The number of hydrogen-bond acceptors (Lipinski definition) is 2. The third-order valence-electron chi connectivity index (χ3n) is 1.86. The Labute approximate surface area is 76.8 Å². The first-order valence-corrected chi connectivity index (χ1v) is 4.46. The number of carbonyl (C=O) groups excluding carboxylic acids is 1. The smallest absolute Gasteiger partial charge is 0.247 e. The van der Waals surface area contributed by atoms with Gasteiger partial charge in [0.15, 0.2) is 5.78 Å². The van der Waals surface area contributed by atoms with E-state index in [0.717, 1.165) is 12.8 Å². The van der Waals surface area contributed by atoms with Crippen LogP contribution in [0.25, 0.3) is 0 Å². The van der Waals surface area contributed by atoms with Gasteiger partial charge >= 0.3 is 0 Å². The van der Waals surface area contributed by atoms with E-state index >= 15 is 0 Å². The maximum absolute atomic E-state index is 11.4. The number of rotatable bonds is 4. The molecule has 1 heterocycles. The average Bonchev–Trinajstić information content (AvgIpc) is 2.15. The molecule has 0 atom stereocenters. The Morgan fingerprint density at radius 1 is 1.46 bits per heavy atom. The number of pyridine rings is 1. The van der Waals surface area contributed by atoms with E-state index in [-0.39, 0.29) is 11.3 Å². The number of hydrogen-bond donors (Lipinski definition) is 1. The molecule has 0 unspecified atom stereocenters. The summed E-state index contributed by atoms with van der Waals surface area (Å²) < 4.78 is 0. The van der Waals surface area contributed by atoms with Gasteiger partial charge in [-0.2, -0.15) is 0 Å². The van der Waals surface area contributed by atoms with Crippen LogP contribution in [0, 0.1) is 0 Å². The number of H-pyrrole nitrogens is 1. The zero-order valence-corrected chi connectivity index (χ0v) is 7.67. The lowest BCUT2D eigenvalue weighted by atomic mass is 10.1. The molecule has 0 spiro atoms. The van der Waals surface area contributed by atoms with E-state index in [0.29, 0.717) is 12.0 Å². The number of carbonyl (C=O) groups is 1. The first-order chi connectivity index (χ1) is 6.24. The predicted molar refractivity (Wildman–Crippen MR) is 50.9 cm³/mol. The van der Waals surface area contributed by atoms with E-state index < -0.39 is 0 Å². The fraction of sp³-hybridized carbons (Fsp3) is 0.400. The molecule has 3 heteroatoms. The molecule has 1 aromatic heterocycles. The van der Waals surface area contributed by atoms with Gasteiger partial charge in [0.1, 0.15) is 0 Å². The number of aromatic amines is 1. The third-order valence-corrected chi connectivity index (χ3v) is 1.86. The van der Waals surface area contributed by atoms with Crippen LogP contribution in [-0.4, -0.2) is 10.8 Å². The Morgan fingerprint density at radius 2 is 2.23 bits per heavy atom. The summed E-state index contributed by atoms with van der Waals surface area (Å²) >= 11 is 0. The van der Waals surface area contributed by atoms with Gasteiger partial charge in [0.05, 0.1) is 0 Å². The highest BCUT2D eigenvalue weighted by Crippen LogP contribution is 2.03. The van der Waals surface area contributed by atoms with Gasteiger partial charge in [-0.15, -0.1) is 0 Å². The Hall–Kier alpha value is -1.38. The highest BCUT2D eigenvalue weighted by molar-refractivity contribution is 5.95. The summed E-state index contributed by atoms with van der Waals surface area (Å²) in [7, 11) is 0. The molecule has 0 saturated carbocycles. The zero-order chi connectivity index (χ0) is 9.68. The normalized spacial score (nSPS) is 9.92. The highest BCUT2D eigenvalue weighted by atomic mass is 16.1. The summed E-state index contributed by atoms with van der Waals surface area (Å²) in [6.45, 7) is 2.04. The number of Topliss-reactive ketones (excluding diaryl/α,β-unsaturated/α-hetero) is 1. The SMILES string of the molecule is CCCCC(=O)c1ccc(=O)[nH]c1. The van der Waals surface area contributed by atoms with Crippen molar-refractivity contribution in [2.24, 2.45) is 0 Å². The van der Waals surface area contributed by atoms with Crippen molar-refractivity contribution in [1.29, 1.82) is 0 Å². The third kappa shape index (κ3) is 2.86. The molecule has 3 nitrogen and oxygen atoms in total. The van der Waals surface area contributed by atoms with Gasteiger partial charge in [0.25, 0.3) is 0 Å². The summed E-state index contributed by atoms with van der Waals surface area (Å²) in [6, 6.07) is 2.94. The lowest BCUT2D eigenvalue weighted by Crippen LogP contribution is -2.06. The molecule has 1 aromatic rings. The van der Waals surface area contributed by atoms with Crippen molar-refractivity contribution >= 4 is 5.78 Å². The van der Waals surface area contributed by atoms with Gasteiger partial charge in [-0.25, -0.2) is 0 Å². The van der Waals surface area contributed by atoms with E-state index in [1.54, 1.807) is 6.07 Å². The molecule has 0 aliphatic rings. The minimum atomic E-state index is -0.174. The van der Waals surface area contributed by atoms with E-state index in [2.05, 4.69) is 4.98 Å². The average molecular weight is 179 g/mol. The minimum Gasteiger partial charge on any atom is -0.328 e. The molecule has 1 N–H and O–H groups in total. The molecule has 0 amide bonds. The molecule has 1 rings (SSSR count). The summed E-state index contributed by atoms with van der Waals surface area (Å²) in [5.74, 6) is 0.0955. The molecule has 0 aliphatic carbocycles. The monoisotopic (exact) mass is 179 g/mol. The standard InChI is InChI=1S/C10H13NO2/c1-2-3-4-9(12)8-5-6-10(13)11-7-8/h5-7H,2-4H2,1H3,(H,11,13). The van der Waals surface area contributed by atoms with Gasteiger partial charge in [-0.05, 0) is 12.5 Å². The zero-order valence-electron chi connectivity index (χ0n) is 7.67. The van der Waals surface area contributed by atoms with Crippen LogP contribution in [-0.2, 0) is 0 Å². The van der Waals surface area contributed by atoms with Gasteiger partial charge in [-0.3, -0.25) is 9.59 Å². The summed E-state index contributed by atoms with van der Waals surface area (Å²) in [5.41, 5.74) is 0.417. The van der Waals surface area contributed by atoms with Crippen LogP contribution in [0.15, 0.2) is 23.1 Å². The second-order valence-corrected chi connectivity index (χ2v) is 2.97. The van der Waals surface area contributed by atoms with Crippen LogP contribution in [0.3, 0.4) is 0 Å². The molecule has 0 aromatic carbocycles. The first-order valence-electron chi connectivity index (χ1n) is 4.46. The number of nitrogens with one attached hydrogen (secondary N) is 1. The quantitative estimate of drug-likeness (QED) is 0.716. The van der Waals surface area contributed by atoms with E-state index in [9.17, 15) is 9.59 Å². The Kier molecular flexibility index (Phi) is 3.43. The molecular formula is C10H13NO2. The summed E-state index contributed by atoms with van der Waals surface area (Å²) in [5, 5.41) is 0. The second-order valence-electron chi connectivity index (χ2n) is 2.97. The fourth-order valence-electron chi connectivity index (χ4n) is 1.07. The Balaban J connectivity index is 2.66. The predicted octanol–water partition coefficient (Wildman–Crippen LogP) is 1.75. The first kappa shape index (κ1) is 9.71. The number of ketones is 1. The number of unbranched alkanes of at least 4 members (excludes halogenated alkanes) is 1. The molecule has 0 radical (unpaired) electrons. The van der Waals surface area contributed by atoms with Crippen LogP contribution in [0.4, 0.5) is 0 Å². The molecule has 13 heavy (non-hydrogen) atoms. The van der Waals surface area contributed by atoms with Gasteiger partial charge < -0.3 is 4.98 Å². The minimum absolute atomic E-state index is 0.0955. The van der Waals surface area contributed by atoms with E-state index in [4.69, 9.17) is 0 Å². The molecule has 70 valence electrons. The van der Waals surface area contributed by atoms with Crippen molar-refractivity contribution in [3.05, 3.63) is 34.2 Å². The van der Waals surface area contributed by atoms with Crippen LogP contribution in [0.2, 0.25) is 0 Å². The van der Waals surface area contributed by atoms with Gasteiger partial charge in [0.2, 0.25) is 5.56 Å². The van der Waals surface area contributed by atoms with Crippen molar-refractivity contribution in [1.82, 2.24) is 4.98 Å². The molecule has 0 aliphatic heterocycles. The topological polar surface area (TPSA) is 49.9 Å². The Bertz CT molecular complexity index is 321. The fourth-order valence-corrected chi connectivity index (χ4v) is 1.07. The largest absolute Gasteiger partial charge is 0.328 e. The van der Waals surface area contributed by atoms with Crippen molar-refractivity contribution in [2.45, 2.75) is 26.2 Å². The van der Waals surface area contributed by atoms with E-state index in [1.807, 2.05) is 6.92 Å². The van der Waals surface area contributed by atoms with Crippen molar-refractivity contribution in [3.63, 3.8) is 0 Å². The Morgan fingerprint density at radius 3 is 2.77 bits per heavy atom. The van der Waals surface area contributed by atoms with Gasteiger partial charge in [0, 0.05) is 24.2 Å². The van der Waals surface area contributed by atoms with Crippen LogP contribution >= 0.6 is 0 Å². The molecule has 0 fully saturated rings. The summed E-state index contributed by atoms with van der Waals surface area (Å²) in [4.78, 5) is 24.6. The van der Waals surface area contributed by atoms with Crippen LogP contribution in [0.5, 0.6) is 0 Å².